The Morgan fingerprint density at radius 2 is 2.09 bits per heavy atom. The lowest BCUT2D eigenvalue weighted by molar-refractivity contribution is -0.117. The van der Waals surface area contributed by atoms with Gasteiger partial charge in [-0.1, -0.05) is 5.21 Å². The van der Waals surface area contributed by atoms with Gasteiger partial charge in [0.1, 0.15) is 23.9 Å². The van der Waals surface area contributed by atoms with Gasteiger partial charge >= 0.3 is 12.0 Å². The molecule has 2 aliphatic heterocycles. The number of hydrogen-bond donors (Lipinski definition) is 4. The molecule has 0 unspecified atom stereocenters. The van der Waals surface area contributed by atoms with Gasteiger partial charge in [0.25, 0.3) is 0 Å². The van der Waals surface area contributed by atoms with Crippen molar-refractivity contribution in [3.8, 4) is 17.2 Å². The summed E-state index contributed by atoms with van der Waals surface area (Å²) < 4.78 is 28.4. The molecule has 2 aliphatic rings. The number of benzene rings is 2. The van der Waals surface area contributed by atoms with Crippen molar-refractivity contribution in [1.29, 1.82) is 0 Å². The van der Waals surface area contributed by atoms with Crippen LogP contribution in [0.3, 0.4) is 0 Å². The van der Waals surface area contributed by atoms with Gasteiger partial charge in [0.15, 0.2) is 16.6 Å². The maximum atomic E-state index is 14.5. The molecule has 0 aliphatic carbocycles. The number of nitrogens with one attached hydrogen (secondary N) is 3. The highest BCUT2D eigenvalue weighted by atomic mass is 32.1. The second-order valence-corrected chi connectivity index (χ2v) is 11.9. The number of nitrogens with zero attached hydrogens (tertiary/aromatic N) is 5. The summed E-state index contributed by atoms with van der Waals surface area (Å²) in [7, 11) is 0. The van der Waals surface area contributed by atoms with Gasteiger partial charge in [0.2, 0.25) is 5.91 Å². The third-order valence-corrected chi connectivity index (χ3v) is 8.42. The first-order chi connectivity index (χ1) is 22.2. The molecule has 1 fully saturated rings. The summed E-state index contributed by atoms with van der Waals surface area (Å²) >= 11 is 1.33. The normalized spacial score (nSPS) is 17.3. The van der Waals surface area contributed by atoms with Gasteiger partial charge < -0.3 is 35.4 Å². The van der Waals surface area contributed by atoms with Crippen molar-refractivity contribution in [2.45, 2.75) is 38.4 Å². The largest absolute Gasteiger partial charge is 0.488 e. The second kappa shape index (κ2) is 13.1. The Bertz CT molecular complexity index is 1770. The van der Waals surface area contributed by atoms with Crippen LogP contribution >= 0.6 is 11.3 Å². The molecule has 0 bridgehead atoms. The molecule has 1 atom stereocenters. The number of anilines is 1. The number of urea groups is 1. The number of amides is 3. The summed E-state index contributed by atoms with van der Waals surface area (Å²) in [5.74, 6) is -1.83. The van der Waals surface area contributed by atoms with Crippen LogP contribution in [0.4, 0.5) is 14.3 Å². The molecule has 14 nitrogen and oxygen atoms in total. The first-order valence-corrected chi connectivity index (χ1v) is 15.4. The molecule has 16 heteroatoms. The number of fused-ring (bicyclic) bond motifs is 1. The summed E-state index contributed by atoms with van der Waals surface area (Å²) in [4.78, 5) is 41.9. The van der Waals surface area contributed by atoms with Crippen LogP contribution in [0, 0.1) is 5.82 Å². The van der Waals surface area contributed by atoms with Crippen molar-refractivity contribution >= 4 is 34.4 Å². The van der Waals surface area contributed by atoms with Crippen LogP contribution in [0.2, 0.25) is 0 Å². The Hall–Kier alpha value is -5.09. The van der Waals surface area contributed by atoms with E-state index in [1.54, 1.807) is 33.4 Å². The van der Waals surface area contributed by atoms with Crippen LogP contribution in [0.1, 0.15) is 40.5 Å². The zero-order chi connectivity index (χ0) is 32.3. The first kappa shape index (κ1) is 30.9. The Labute approximate surface area is 266 Å². The van der Waals surface area contributed by atoms with Gasteiger partial charge in [0, 0.05) is 49.2 Å². The Morgan fingerprint density at radius 1 is 1.22 bits per heavy atom. The molecule has 4 aromatic rings. The van der Waals surface area contributed by atoms with E-state index >= 15 is 0 Å². The van der Waals surface area contributed by atoms with Gasteiger partial charge in [-0.2, -0.15) is 0 Å². The van der Waals surface area contributed by atoms with E-state index in [0.717, 1.165) is 23.3 Å². The molecule has 4 heterocycles. The van der Waals surface area contributed by atoms with Crippen molar-refractivity contribution in [2.75, 3.05) is 31.6 Å². The molecule has 2 aromatic carbocycles. The minimum atomic E-state index is -1.39. The van der Waals surface area contributed by atoms with E-state index in [2.05, 4.69) is 31.2 Å². The lowest BCUT2D eigenvalue weighted by Crippen LogP contribution is -2.47. The molecule has 46 heavy (non-hydrogen) atoms. The van der Waals surface area contributed by atoms with Crippen molar-refractivity contribution in [3.05, 3.63) is 76.3 Å². The number of carbonyl (C=O) groups is 3. The van der Waals surface area contributed by atoms with E-state index in [-0.39, 0.29) is 36.5 Å². The van der Waals surface area contributed by atoms with E-state index in [1.807, 2.05) is 13.0 Å². The zero-order valence-electron chi connectivity index (χ0n) is 24.8. The number of carboxylic acid groups (broad SMARTS) is 1. The first-order valence-electron chi connectivity index (χ1n) is 14.5. The second-order valence-electron chi connectivity index (χ2n) is 11.1. The van der Waals surface area contributed by atoms with Crippen LogP contribution in [0.5, 0.6) is 17.2 Å². The number of aromatic nitrogens is 4. The molecular weight excluding hydrogens is 619 g/mol. The number of halogens is 1. The number of rotatable bonds is 12. The molecule has 4 N–H and O–H groups in total. The highest BCUT2D eigenvalue weighted by molar-refractivity contribution is 7.13. The average molecular weight is 651 g/mol. The standard InChI is InChI=1S/C30H31FN8O6S/c1-30(15-26(40)35-28-32-7-11-46-28)22-14-25(45-20-2-3-21(27(41)42)23(31)13-20)24(12-18(22)4-5-34-30)44-10-9-39-17-19(36-37-39)16-38-8-6-33-29(38)43/h2-3,7,11-14,17,34H,4-6,8-10,15-16H2,1H3,(H,33,43)(H,41,42)(H,32,35,40)/t30-/m1/s1. The van der Waals surface area contributed by atoms with E-state index in [4.69, 9.17) is 9.47 Å². The van der Waals surface area contributed by atoms with Gasteiger partial charge in [0.05, 0.1) is 24.8 Å². The molecule has 3 amide bonds. The Kier molecular flexibility index (Phi) is 8.81. The Morgan fingerprint density at radius 3 is 2.83 bits per heavy atom. The van der Waals surface area contributed by atoms with E-state index in [9.17, 15) is 23.9 Å². The number of carbonyl (C=O) groups excluding carboxylic acids is 2. The summed E-state index contributed by atoms with van der Waals surface area (Å²) in [6.07, 6.45) is 4.13. The lowest BCUT2D eigenvalue weighted by Gasteiger charge is -2.37. The fourth-order valence-electron chi connectivity index (χ4n) is 5.50. The zero-order valence-corrected chi connectivity index (χ0v) is 25.6. The minimum Gasteiger partial charge on any atom is -0.488 e. The third-order valence-electron chi connectivity index (χ3n) is 7.73. The molecule has 0 radical (unpaired) electrons. The fraction of sp³-hybridized carbons (Fsp3) is 0.333. The van der Waals surface area contributed by atoms with E-state index in [0.29, 0.717) is 55.7 Å². The predicted octanol–water partition coefficient (Wildman–Crippen LogP) is 3.36. The van der Waals surface area contributed by atoms with Crippen LogP contribution in [0.25, 0.3) is 0 Å². The fourth-order valence-corrected chi connectivity index (χ4v) is 6.04. The predicted molar refractivity (Wildman–Crippen MR) is 164 cm³/mol. The molecule has 2 aromatic heterocycles. The average Bonchev–Trinajstić information content (AvgIpc) is 3.77. The van der Waals surface area contributed by atoms with Gasteiger partial charge in [-0.3, -0.25) is 4.79 Å². The maximum absolute atomic E-state index is 14.5. The van der Waals surface area contributed by atoms with Crippen LogP contribution < -0.4 is 25.4 Å². The number of aromatic carboxylic acids is 1. The monoisotopic (exact) mass is 650 g/mol. The van der Waals surface area contributed by atoms with Crippen LogP contribution in [-0.2, 0) is 29.8 Å². The molecule has 0 spiro atoms. The Balaban J connectivity index is 1.23. The molecular formula is C30H31FN8O6S. The van der Waals surface area contributed by atoms with Crippen LogP contribution in [0.15, 0.2) is 48.1 Å². The molecule has 6 rings (SSSR count). The highest BCUT2D eigenvalue weighted by Crippen LogP contribution is 2.41. The summed E-state index contributed by atoms with van der Waals surface area (Å²) in [5, 5.41) is 28.8. The van der Waals surface area contributed by atoms with Gasteiger partial charge in [-0.05, 0) is 48.7 Å². The smallest absolute Gasteiger partial charge is 0.338 e. The van der Waals surface area contributed by atoms with Crippen LogP contribution in [-0.4, -0.2) is 74.1 Å². The van der Waals surface area contributed by atoms with E-state index < -0.39 is 22.9 Å². The SMILES string of the molecule is C[C@]1(CC(=O)Nc2nccs2)NCCc2cc(OCCn3cc(CN4CCNC4=O)nn3)c(Oc3ccc(C(=O)O)c(F)c3)cc21. The lowest BCUT2D eigenvalue weighted by atomic mass is 9.81. The summed E-state index contributed by atoms with van der Waals surface area (Å²) in [5.41, 5.74) is 1.16. The van der Waals surface area contributed by atoms with Crippen molar-refractivity contribution < 1.29 is 33.4 Å². The number of hydrogen-bond acceptors (Lipinski definition) is 10. The quantitative estimate of drug-likeness (QED) is 0.178. The number of carboxylic acids is 1. The summed E-state index contributed by atoms with van der Waals surface area (Å²) in [6.45, 7) is 4.61. The third kappa shape index (κ3) is 6.92. The van der Waals surface area contributed by atoms with Crippen molar-refractivity contribution in [2.24, 2.45) is 0 Å². The number of ether oxygens (including phenoxy) is 2. The summed E-state index contributed by atoms with van der Waals surface area (Å²) in [6, 6.07) is 6.99. The molecule has 240 valence electrons. The highest BCUT2D eigenvalue weighted by Gasteiger charge is 2.35. The minimum absolute atomic E-state index is 0.0751. The maximum Gasteiger partial charge on any atom is 0.338 e. The van der Waals surface area contributed by atoms with Crippen molar-refractivity contribution in [3.63, 3.8) is 0 Å². The topological polar surface area (TPSA) is 173 Å². The number of thiazole rings is 1. The van der Waals surface area contributed by atoms with Crippen molar-refractivity contribution in [1.82, 2.24) is 35.5 Å². The molecule has 1 saturated heterocycles. The van der Waals surface area contributed by atoms with E-state index in [1.165, 1.54) is 17.4 Å². The molecule has 0 saturated carbocycles. The van der Waals surface area contributed by atoms with Gasteiger partial charge in [-0.15, -0.1) is 16.4 Å². The van der Waals surface area contributed by atoms with Gasteiger partial charge in [-0.25, -0.2) is 23.6 Å².